The largest absolute Gasteiger partial charge is 0.349 e. The number of amides is 2. The molecule has 25 heavy (non-hydrogen) atoms. The Morgan fingerprint density at radius 2 is 1.84 bits per heavy atom. The van der Waals surface area contributed by atoms with E-state index in [-0.39, 0.29) is 23.8 Å². The number of hydrogen-bond donors (Lipinski definition) is 3. The van der Waals surface area contributed by atoms with Crippen LogP contribution in [0, 0.1) is 11.8 Å². The van der Waals surface area contributed by atoms with Gasteiger partial charge in [0.05, 0.1) is 0 Å². The van der Waals surface area contributed by atoms with Gasteiger partial charge in [0.1, 0.15) is 0 Å². The van der Waals surface area contributed by atoms with E-state index in [2.05, 4.69) is 10.6 Å². The fourth-order valence-corrected chi connectivity index (χ4v) is 4.11. The maximum absolute atomic E-state index is 12.5. The van der Waals surface area contributed by atoms with Gasteiger partial charge in [-0.15, -0.1) is 0 Å². The first kappa shape index (κ1) is 17.9. The van der Waals surface area contributed by atoms with Crippen LogP contribution in [0.5, 0.6) is 0 Å². The molecule has 0 aromatic heterocycles. The van der Waals surface area contributed by atoms with Gasteiger partial charge < -0.3 is 16.4 Å². The Labute approximate surface area is 149 Å². The molecule has 4 N–H and O–H groups in total. The van der Waals surface area contributed by atoms with Crippen molar-refractivity contribution in [3.63, 3.8) is 0 Å². The number of anilines is 1. The van der Waals surface area contributed by atoms with E-state index in [9.17, 15) is 9.59 Å². The molecular formula is C20H29N3O2. The van der Waals surface area contributed by atoms with Crippen molar-refractivity contribution in [3.05, 3.63) is 29.8 Å². The summed E-state index contributed by atoms with van der Waals surface area (Å²) in [4.78, 5) is 24.9. The second kappa shape index (κ2) is 8.48. The highest BCUT2D eigenvalue weighted by Crippen LogP contribution is 2.26. The minimum atomic E-state index is -0.0842. The van der Waals surface area contributed by atoms with Crippen LogP contribution in [-0.4, -0.2) is 24.4 Å². The van der Waals surface area contributed by atoms with Crippen molar-refractivity contribution in [2.45, 2.75) is 57.4 Å². The third kappa shape index (κ3) is 4.60. The Morgan fingerprint density at radius 1 is 1.04 bits per heavy atom. The summed E-state index contributed by atoms with van der Waals surface area (Å²) in [5.41, 5.74) is 7.08. The van der Waals surface area contributed by atoms with Gasteiger partial charge in [-0.1, -0.05) is 31.7 Å². The number of nitrogens with two attached hydrogens (primary N) is 1. The lowest BCUT2D eigenvalue weighted by molar-refractivity contribution is -0.120. The zero-order chi connectivity index (χ0) is 17.6. The van der Waals surface area contributed by atoms with E-state index in [1.807, 2.05) is 12.1 Å². The van der Waals surface area contributed by atoms with E-state index >= 15 is 0 Å². The van der Waals surface area contributed by atoms with E-state index < -0.39 is 0 Å². The Hall–Kier alpha value is -1.88. The van der Waals surface area contributed by atoms with Crippen molar-refractivity contribution in [3.8, 4) is 0 Å². The predicted octanol–water partition coefficient (Wildman–Crippen LogP) is 3.06. The van der Waals surface area contributed by atoms with Gasteiger partial charge in [0.25, 0.3) is 5.91 Å². The second-order valence-electron chi connectivity index (χ2n) is 7.41. The van der Waals surface area contributed by atoms with Crippen molar-refractivity contribution in [1.82, 2.24) is 5.32 Å². The van der Waals surface area contributed by atoms with Crippen LogP contribution in [0.4, 0.5) is 5.69 Å². The van der Waals surface area contributed by atoms with Crippen LogP contribution >= 0.6 is 0 Å². The molecule has 2 unspecified atom stereocenters. The second-order valence-corrected chi connectivity index (χ2v) is 7.41. The molecule has 0 aliphatic heterocycles. The number of carbonyl (C=O) groups is 2. The number of benzene rings is 1. The highest BCUT2D eigenvalue weighted by Gasteiger charge is 2.27. The lowest BCUT2D eigenvalue weighted by Gasteiger charge is -2.21. The maximum Gasteiger partial charge on any atom is 0.251 e. The zero-order valence-electron chi connectivity index (χ0n) is 14.8. The summed E-state index contributed by atoms with van der Waals surface area (Å²) < 4.78 is 0. The van der Waals surface area contributed by atoms with Crippen LogP contribution in [0.15, 0.2) is 24.3 Å². The fraction of sp³-hybridized carbons (Fsp3) is 0.600. The number of carbonyl (C=O) groups excluding carboxylic acids is 2. The molecule has 0 spiro atoms. The van der Waals surface area contributed by atoms with Gasteiger partial charge in [-0.25, -0.2) is 0 Å². The minimum absolute atomic E-state index is 0.0799. The van der Waals surface area contributed by atoms with E-state index in [0.29, 0.717) is 23.7 Å². The third-order valence-corrected chi connectivity index (χ3v) is 5.65. The number of hydrogen-bond acceptors (Lipinski definition) is 3. The average Bonchev–Trinajstić information content (AvgIpc) is 3.09. The molecule has 0 bridgehead atoms. The Kier molecular flexibility index (Phi) is 6.08. The molecule has 0 radical (unpaired) electrons. The Morgan fingerprint density at radius 3 is 2.60 bits per heavy atom. The highest BCUT2D eigenvalue weighted by atomic mass is 16.2. The zero-order valence-corrected chi connectivity index (χ0v) is 14.8. The van der Waals surface area contributed by atoms with Gasteiger partial charge in [0.15, 0.2) is 0 Å². The Balaban J connectivity index is 1.60. The molecule has 2 fully saturated rings. The minimum Gasteiger partial charge on any atom is -0.349 e. The molecule has 3 rings (SSSR count). The molecule has 2 saturated carbocycles. The van der Waals surface area contributed by atoms with E-state index in [0.717, 1.165) is 44.9 Å². The fourth-order valence-electron chi connectivity index (χ4n) is 4.11. The summed E-state index contributed by atoms with van der Waals surface area (Å²) >= 11 is 0. The first-order valence-electron chi connectivity index (χ1n) is 9.59. The summed E-state index contributed by atoms with van der Waals surface area (Å²) in [6, 6.07) is 7.38. The monoisotopic (exact) mass is 343 g/mol. The van der Waals surface area contributed by atoms with Gasteiger partial charge in [0, 0.05) is 23.2 Å². The summed E-state index contributed by atoms with van der Waals surface area (Å²) in [7, 11) is 0. The molecular weight excluding hydrogens is 314 g/mol. The molecule has 5 heteroatoms. The lowest BCUT2D eigenvalue weighted by Crippen LogP contribution is -2.39. The van der Waals surface area contributed by atoms with Crippen LogP contribution in [0.3, 0.4) is 0 Å². The highest BCUT2D eigenvalue weighted by molar-refractivity contribution is 5.97. The van der Waals surface area contributed by atoms with E-state index in [4.69, 9.17) is 5.73 Å². The lowest BCUT2D eigenvalue weighted by atomic mass is 9.88. The SMILES string of the molecule is NCC1CCCC1NC(=O)c1cccc(NC(=O)C2CCCCC2)c1. The van der Waals surface area contributed by atoms with E-state index in [1.54, 1.807) is 12.1 Å². The van der Waals surface area contributed by atoms with Crippen molar-refractivity contribution in [1.29, 1.82) is 0 Å². The summed E-state index contributed by atoms with van der Waals surface area (Å²) in [6.07, 6.45) is 8.61. The topological polar surface area (TPSA) is 84.2 Å². The van der Waals surface area contributed by atoms with Crippen LogP contribution in [-0.2, 0) is 4.79 Å². The molecule has 1 aromatic rings. The van der Waals surface area contributed by atoms with Gasteiger partial charge in [0.2, 0.25) is 5.91 Å². The van der Waals surface area contributed by atoms with Gasteiger partial charge >= 0.3 is 0 Å². The molecule has 136 valence electrons. The number of rotatable bonds is 5. The van der Waals surface area contributed by atoms with Crippen molar-refractivity contribution < 1.29 is 9.59 Å². The maximum atomic E-state index is 12.5. The molecule has 2 aliphatic carbocycles. The molecule has 5 nitrogen and oxygen atoms in total. The van der Waals surface area contributed by atoms with Crippen molar-refractivity contribution in [2.24, 2.45) is 17.6 Å². The summed E-state index contributed by atoms with van der Waals surface area (Å²) in [6.45, 7) is 0.614. The number of nitrogens with one attached hydrogen (secondary N) is 2. The van der Waals surface area contributed by atoms with Crippen LogP contribution < -0.4 is 16.4 Å². The Bertz CT molecular complexity index is 611. The van der Waals surface area contributed by atoms with Gasteiger partial charge in [-0.05, 0) is 56.3 Å². The molecule has 2 atom stereocenters. The normalized spacial score (nSPS) is 24.0. The first-order valence-corrected chi connectivity index (χ1v) is 9.59. The molecule has 1 aromatic carbocycles. The molecule has 2 amide bonds. The van der Waals surface area contributed by atoms with Gasteiger partial charge in [-0.3, -0.25) is 9.59 Å². The smallest absolute Gasteiger partial charge is 0.251 e. The van der Waals surface area contributed by atoms with E-state index in [1.165, 1.54) is 6.42 Å². The predicted molar refractivity (Wildman–Crippen MR) is 99.3 cm³/mol. The third-order valence-electron chi connectivity index (χ3n) is 5.65. The van der Waals surface area contributed by atoms with Gasteiger partial charge in [-0.2, -0.15) is 0 Å². The molecule has 0 heterocycles. The van der Waals surface area contributed by atoms with Crippen molar-refractivity contribution >= 4 is 17.5 Å². The molecule has 0 saturated heterocycles. The standard InChI is InChI=1S/C20H29N3O2/c21-13-16-9-5-11-18(16)23-20(25)15-8-4-10-17(12-15)22-19(24)14-6-2-1-3-7-14/h4,8,10,12,14,16,18H,1-3,5-7,9,11,13,21H2,(H,22,24)(H,23,25). The quantitative estimate of drug-likeness (QED) is 0.768. The molecule has 2 aliphatic rings. The summed E-state index contributed by atoms with van der Waals surface area (Å²) in [5.74, 6) is 0.475. The average molecular weight is 343 g/mol. The van der Waals surface area contributed by atoms with Crippen LogP contribution in [0.25, 0.3) is 0 Å². The van der Waals surface area contributed by atoms with Crippen LogP contribution in [0.1, 0.15) is 61.7 Å². The van der Waals surface area contributed by atoms with Crippen molar-refractivity contribution in [2.75, 3.05) is 11.9 Å². The summed E-state index contributed by atoms with van der Waals surface area (Å²) in [5, 5.41) is 6.09. The van der Waals surface area contributed by atoms with Crippen LogP contribution in [0.2, 0.25) is 0 Å². The first-order chi connectivity index (χ1) is 12.2.